The van der Waals surface area contributed by atoms with Gasteiger partial charge in [-0.05, 0) is 42.8 Å². The largest absolute Gasteiger partial charge is 0.493 e. The maximum atomic E-state index is 12.4. The quantitative estimate of drug-likeness (QED) is 0.455. The van der Waals surface area contributed by atoms with Crippen molar-refractivity contribution in [3.63, 3.8) is 0 Å². The lowest BCUT2D eigenvalue weighted by Gasteiger charge is -2.11. The predicted molar refractivity (Wildman–Crippen MR) is 94.4 cm³/mol. The first kappa shape index (κ1) is 17.7. The first-order chi connectivity index (χ1) is 12.4. The van der Waals surface area contributed by atoms with E-state index in [1.54, 1.807) is 43.3 Å². The van der Waals surface area contributed by atoms with Crippen LogP contribution in [0.3, 0.4) is 0 Å². The summed E-state index contributed by atoms with van der Waals surface area (Å²) in [5.74, 6) is -0.300. The lowest BCUT2D eigenvalue weighted by atomic mass is 10.1. The van der Waals surface area contributed by atoms with Gasteiger partial charge in [0.15, 0.2) is 11.5 Å². The minimum absolute atomic E-state index is 0.0359. The Balaban J connectivity index is 1.92. The molecule has 0 atom stereocenters. The Bertz CT molecular complexity index is 1010. The molecule has 1 aliphatic rings. The molecular weight excluding hydrogens is 358 g/mol. The Morgan fingerprint density at radius 3 is 2.42 bits per heavy atom. The van der Waals surface area contributed by atoms with Gasteiger partial charge in [-0.2, -0.15) is 8.42 Å². The van der Waals surface area contributed by atoms with Gasteiger partial charge >= 0.3 is 16.1 Å². The lowest BCUT2D eigenvalue weighted by molar-refractivity contribution is -0.136. The average Bonchev–Trinajstić information content (AvgIpc) is 2.95. The summed E-state index contributed by atoms with van der Waals surface area (Å²) >= 11 is 0. The van der Waals surface area contributed by atoms with E-state index < -0.39 is 16.1 Å². The van der Waals surface area contributed by atoms with Crippen LogP contribution in [0.1, 0.15) is 12.5 Å². The third kappa shape index (κ3) is 3.60. The molecule has 0 spiro atoms. The summed E-state index contributed by atoms with van der Waals surface area (Å²) in [5, 5.41) is 3.60. The fraction of sp³-hybridized carbons (Fsp3) is 0.111. The zero-order valence-corrected chi connectivity index (χ0v) is 14.8. The van der Waals surface area contributed by atoms with Gasteiger partial charge in [0, 0.05) is 0 Å². The molecule has 26 heavy (non-hydrogen) atoms. The van der Waals surface area contributed by atoms with E-state index in [0.29, 0.717) is 16.8 Å². The molecular formula is C18H15NO6S. The standard InChI is InChI=1S/C18H15NO6S/c1-12-15(18(20)24-19-12)10-13-8-9-16(17(11-13)23-2)25-26(21,22)14-6-4-3-5-7-14/h3-11H,1-2H3/b15-10-. The second-order valence-corrected chi connectivity index (χ2v) is 6.92. The highest BCUT2D eigenvalue weighted by Crippen LogP contribution is 2.31. The second-order valence-electron chi connectivity index (χ2n) is 5.37. The van der Waals surface area contributed by atoms with Crippen LogP contribution in [-0.4, -0.2) is 27.2 Å². The molecule has 2 aromatic carbocycles. The maximum Gasteiger partial charge on any atom is 0.367 e. The van der Waals surface area contributed by atoms with Gasteiger partial charge in [0.05, 0.1) is 18.4 Å². The number of ether oxygens (including phenoxy) is 1. The van der Waals surface area contributed by atoms with Crippen molar-refractivity contribution in [3.8, 4) is 11.5 Å². The molecule has 0 N–H and O–H groups in total. The summed E-state index contributed by atoms with van der Waals surface area (Å²) in [6, 6.07) is 12.4. The molecule has 0 aliphatic carbocycles. The fourth-order valence-corrected chi connectivity index (χ4v) is 3.24. The highest BCUT2D eigenvalue weighted by atomic mass is 32.2. The van der Waals surface area contributed by atoms with Crippen molar-refractivity contribution in [1.82, 2.24) is 0 Å². The molecule has 0 aromatic heterocycles. The highest BCUT2D eigenvalue weighted by Gasteiger charge is 2.22. The highest BCUT2D eigenvalue weighted by molar-refractivity contribution is 7.87. The van der Waals surface area contributed by atoms with E-state index in [4.69, 9.17) is 8.92 Å². The van der Waals surface area contributed by atoms with Gasteiger partial charge in [-0.15, -0.1) is 0 Å². The van der Waals surface area contributed by atoms with Crippen LogP contribution in [0.15, 0.2) is 64.2 Å². The van der Waals surface area contributed by atoms with Crippen LogP contribution in [-0.2, 0) is 19.8 Å². The van der Waals surface area contributed by atoms with Crippen molar-refractivity contribution in [3.05, 3.63) is 59.7 Å². The first-order valence-corrected chi connectivity index (χ1v) is 8.97. The number of methoxy groups -OCH3 is 1. The summed E-state index contributed by atoms with van der Waals surface area (Å²) in [5.41, 5.74) is 1.38. The van der Waals surface area contributed by atoms with E-state index in [1.807, 2.05) is 0 Å². The Kier molecular flexibility index (Phi) is 4.77. The molecule has 0 bridgehead atoms. The minimum Gasteiger partial charge on any atom is -0.493 e. The molecule has 0 radical (unpaired) electrons. The summed E-state index contributed by atoms with van der Waals surface area (Å²) in [6.07, 6.45) is 1.58. The monoisotopic (exact) mass is 373 g/mol. The van der Waals surface area contributed by atoms with Gasteiger partial charge in [-0.1, -0.05) is 29.4 Å². The zero-order chi connectivity index (χ0) is 18.7. The van der Waals surface area contributed by atoms with Crippen LogP contribution in [0.5, 0.6) is 11.5 Å². The summed E-state index contributed by atoms with van der Waals surface area (Å²) in [6.45, 7) is 1.65. The van der Waals surface area contributed by atoms with Gasteiger partial charge in [0.1, 0.15) is 4.90 Å². The molecule has 7 nitrogen and oxygen atoms in total. The predicted octanol–water partition coefficient (Wildman–Crippen LogP) is 2.78. The third-order valence-electron chi connectivity index (χ3n) is 3.61. The molecule has 0 saturated carbocycles. The Morgan fingerprint density at radius 1 is 1.08 bits per heavy atom. The lowest BCUT2D eigenvalue weighted by Crippen LogP contribution is -2.10. The van der Waals surface area contributed by atoms with Crippen LogP contribution in [0, 0.1) is 0 Å². The van der Waals surface area contributed by atoms with Gasteiger partial charge in [0.25, 0.3) is 0 Å². The smallest absolute Gasteiger partial charge is 0.367 e. The van der Waals surface area contributed by atoms with Crippen molar-refractivity contribution in [2.45, 2.75) is 11.8 Å². The molecule has 134 valence electrons. The van der Waals surface area contributed by atoms with Crippen LogP contribution in [0.4, 0.5) is 0 Å². The SMILES string of the molecule is COc1cc(/C=C2\C(=O)ON=C2C)ccc1OS(=O)(=O)c1ccccc1. The number of hydrogen-bond donors (Lipinski definition) is 0. The van der Waals surface area contributed by atoms with Crippen molar-refractivity contribution in [1.29, 1.82) is 0 Å². The number of carbonyl (C=O) groups is 1. The molecule has 0 unspecified atom stereocenters. The molecule has 0 amide bonds. The van der Waals surface area contributed by atoms with E-state index in [1.165, 1.54) is 25.3 Å². The zero-order valence-electron chi connectivity index (χ0n) is 14.0. The second kappa shape index (κ2) is 7.01. The molecule has 0 saturated heterocycles. The number of oxime groups is 1. The Hall–Kier alpha value is -3.13. The fourth-order valence-electron chi connectivity index (χ4n) is 2.28. The third-order valence-corrected chi connectivity index (χ3v) is 4.85. The topological polar surface area (TPSA) is 91.3 Å². The number of hydrogen-bond acceptors (Lipinski definition) is 7. The van der Waals surface area contributed by atoms with Crippen molar-refractivity contribution < 1.29 is 27.0 Å². The van der Waals surface area contributed by atoms with E-state index in [9.17, 15) is 13.2 Å². The number of carbonyl (C=O) groups excluding carboxylic acids is 1. The molecule has 0 fully saturated rings. The van der Waals surface area contributed by atoms with Gasteiger partial charge in [-0.3, -0.25) is 0 Å². The van der Waals surface area contributed by atoms with E-state index in [-0.39, 0.29) is 16.4 Å². The Labute approximate surface area is 150 Å². The molecule has 1 heterocycles. The summed E-state index contributed by atoms with van der Waals surface area (Å²) < 4.78 is 35.1. The summed E-state index contributed by atoms with van der Waals surface area (Å²) in [7, 11) is -2.59. The van der Waals surface area contributed by atoms with Gasteiger partial charge in [-0.25, -0.2) is 4.79 Å². The van der Waals surface area contributed by atoms with Crippen molar-refractivity contribution in [2.24, 2.45) is 5.16 Å². The van der Waals surface area contributed by atoms with Crippen LogP contribution in [0.2, 0.25) is 0 Å². The molecule has 2 aromatic rings. The Morgan fingerprint density at radius 2 is 1.81 bits per heavy atom. The van der Waals surface area contributed by atoms with Crippen LogP contribution in [0.25, 0.3) is 6.08 Å². The minimum atomic E-state index is -3.99. The molecule has 1 aliphatic heterocycles. The number of nitrogens with zero attached hydrogens (tertiary/aromatic N) is 1. The first-order valence-electron chi connectivity index (χ1n) is 7.56. The van der Waals surface area contributed by atoms with Crippen LogP contribution < -0.4 is 8.92 Å². The van der Waals surface area contributed by atoms with E-state index in [0.717, 1.165) is 0 Å². The summed E-state index contributed by atoms with van der Waals surface area (Å²) in [4.78, 5) is 16.2. The average molecular weight is 373 g/mol. The number of rotatable bonds is 5. The van der Waals surface area contributed by atoms with Gasteiger partial charge < -0.3 is 13.8 Å². The van der Waals surface area contributed by atoms with Crippen molar-refractivity contribution in [2.75, 3.05) is 7.11 Å². The van der Waals surface area contributed by atoms with E-state index in [2.05, 4.69) is 9.99 Å². The van der Waals surface area contributed by atoms with Crippen LogP contribution >= 0.6 is 0 Å². The molecule has 3 rings (SSSR count). The molecule has 8 heteroatoms. The van der Waals surface area contributed by atoms with E-state index >= 15 is 0 Å². The maximum absolute atomic E-state index is 12.4. The normalized spacial score (nSPS) is 15.5. The van der Waals surface area contributed by atoms with Gasteiger partial charge in [0.2, 0.25) is 0 Å². The van der Waals surface area contributed by atoms with Crippen molar-refractivity contribution >= 4 is 27.9 Å². The number of benzene rings is 2.